The van der Waals surface area contributed by atoms with Gasteiger partial charge in [0.1, 0.15) is 0 Å². The molecule has 1 saturated heterocycles. The molecule has 2 aliphatic rings. The number of ketones is 1. The summed E-state index contributed by atoms with van der Waals surface area (Å²) in [5.41, 5.74) is 3.46. The number of Topliss-reactive ketones (excluding diaryl/α,β-unsaturated/α-hetero) is 1. The predicted octanol–water partition coefficient (Wildman–Crippen LogP) is 3.30. The Bertz CT molecular complexity index is 361. The summed E-state index contributed by atoms with van der Waals surface area (Å²) in [5.74, 6) is 0.688. The molecule has 1 aliphatic carbocycles. The number of carbonyl (C=O) groups excluding carboxylic acids is 1. The van der Waals surface area contributed by atoms with Crippen LogP contribution in [0.2, 0.25) is 0 Å². The summed E-state index contributed by atoms with van der Waals surface area (Å²) >= 11 is 0. The largest absolute Gasteiger partial charge is 0.374 e. The molecule has 1 heterocycles. The van der Waals surface area contributed by atoms with E-state index in [1.54, 1.807) is 0 Å². The van der Waals surface area contributed by atoms with Gasteiger partial charge in [-0.15, -0.1) is 0 Å². The minimum absolute atomic E-state index is 0.324. The van der Waals surface area contributed by atoms with Crippen molar-refractivity contribution in [1.29, 1.82) is 0 Å². The summed E-state index contributed by atoms with van der Waals surface area (Å²) in [5, 5.41) is 0. The smallest absolute Gasteiger partial charge is 0.160 e. The van der Waals surface area contributed by atoms with E-state index in [1.165, 1.54) is 25.0 Å². The first-order chi connectivity index (χ1) is 8.09. The molecule has 0 bridgehead atoms. The van der Waals surface area contributed by atoms with Crippen molar-refractivity contribution in [2.45, 2.75) is 46.0 Å². The Morgan fingerprint density at radius 1 is 1.24 bits per heavy atom. The zero-order valence-corrected chi connectivity index (χ0v) is 11.1. The lowest BCUT2D eigenvalue weighted by Crippen LogP contribution is -2.34. The maximum absolute atomic E-state index is 12.0. The van der Waals surface area contributed by atoms with E-state index >= 15 is 0 Å². The van der Waals surface area contributed by atoms with Gasteiger partial charge in [0.2, 0.25) is 0 Å². The molecule has 17 heavy (non-hydrogen) atoms. The molecule has 1 unspecified atom stereocenters. The van der Waals surface area contributed by atoms with Crippen LogP contribution in [0.25, 0.3) is 0 Å². The minimum Gasteiger partial charge on any atom is -0.374 e. The van der Waals surface area contributed by atoms with Crippen LogP contribution in [-0.4, -0.2) is 23.8 Å². The van der Waals surface area contributed by atoms with Gasteiger partial charge in [0.05, 0.1) is 0 Å². The van der Waals surface area contributed by atoms with E-state index in [9.17, 15) is 4.79 Å². The first-order valence-electron chi connectivity index (χ1n) is 6.73. The Morgan fingerprint density at radius 2 is 1.88 bits per heavy atom. The second kappa shape index (κ2) is 5.07. The molecule has 0 radical (unpaired) electrons. The van der Waals surface area contributed by atoms with Crippen molar-refractivity contribution in [3.05, 3.63) is 23.4 Å². The van der Waals surface area contributed by atoms with Gasteiger partial charge in [0.25, 0.3) is 0 Å². The molecular weight excluding hydrogens is 210 g/mol. The molecule has 0 N–H and O–H groups in total. The number of hydrogen-bond acceptors (Lipinski definition) is 2. The van der Waals surface area contributed by atoms with Crippen LogP contribution in [0.3, 0.4) is 0 Å². The van der Waals surface area contributed by atoms with E-state index in [0.29, 0.717) is 18.1 Å². The van der Waals surface area contributed by atoms with E-state index in [2.05, 4.69) is 11.5 Å². The highest BCUT2D eigenvalue weighted by Gasteiger charge is 2.28. The van der Waals surface area contributed by atoms with E-state index in [0.717, 1.165) is 30.7 Å². The minimum atomic E-state index is 0.324. The zero-order valence-electron chi connectivity index (χ0n) is 11.1. The van der Waals surface area contributed by atoms with Crippen molar-refractivity contribution in [3.8, 4) is 0 Å². The average molecular weight is 233 g/mol. The number of rotatable bonds is 2. The molecule has 1 fully saturated rings. The van der Waals surface area contributed by atoms with Crippen LogP contribution < -0.4 is 0 Å². The van der Waals surface area contributed by atoms with Gasteiger partial charge >= 0.3 is 0 Å². The van der Waals surface area contributed by atoms with Crippen LogP contribution in [0.1, 0.15) is 46.0 Å². The van der Waals surface area contributed by atoms with Gasteiger partial charge in [-0.2, -0.15) is 0 Å². The third-order valence-corrected chi connectivity index (χ3v) is 4.16. The number of piperidine rings is 1. The van der Waals surface area contributed by atoms with E-state index in [-0.39, 0.29) is 0 Å². The number of hydrogen-bond donors (Lipinski definition) is 0. The second-order valence-electron chi connectivity index (χ2n) is 5.49. The van der Waals surface area contributed by atoms with Crippen LogP contribution >= 0.6 is 0 Å². The van der Waals surface area contributed by atoms with E-state index in [4.69, 9.17) is 0 Å². The molecule has 0 aromatic rings. The molecule has 1 atom stereocenters. The molecule has 0 amide bonds. The fourth-order valence-electron chi connectivity index (χ4n) is 2.88. The third-order valence-electron chi connectivity index (χ3n) is 4.16. The van der Waals surface area contributed by atoms with Gasteiger partial charge in [-0.1, -0.05) is 12.2 Å². The molecule has 2 heteroatoms. The van der Waals surface area contributed by atoms with Gasteiger partial charge in [0, 0.05) is 30.8 Å². The predicted molar refractivity (Wildman–Crippen MR) is 70.7 cm³/mol. The van der Waals surface area contributed by atoms with Gasteiger partial charge in [-0.3, -0.25) is 4.79 Å². The molecule has 0 aromatic heterocycles. The van der Waals surface area contributed by atoms with Crippen molar-refractivity contribution >= 4 is 5.78 Å². The summed E-state index contributed by atoms with van der Waals surface area (Å²) in [6.07, 6.45) is 5.55. The first-order valence-corrected chi connectivity index (χ1v) is 6.73. The van der Waals surface area contributed by atoms with Crippen molar-refractivity contribution in [3.63, 3.8) is 0 Å². The van der Waals surface area contributed by atoms with E-state index in [1.807, 2.05) is 13.8 Å². The monoisotopic (exact) mass is 233 g/mol. The van der Waals surface area contributed by atoms with Gasteiger partial charge in [-0.05, 0) is 45.4 Å². The topological polar surface area (TPSA) is 20.3 Å². The SMILES string of the molecule is C=C(C)C1CC(=O)C(C)=C(N2CCCCC2)C1. The highest BCUT2D eigenvalue weighted by Crippen LogP contribution is 2.33. The van der Waals surface area contributed by atoms with Crippen LogP contribution in [-0.2, 0) is 4.79 Å². The summed E-state index contributed by atoms with van der Waals surface area (Å²) in [6, 6.07) is 0. The van der Waals surface area contributed by atoms with Gasteiger partial charge in [0.15, 0.2) is 5.78 Å². The standard InChI is InChI=1S/C15H23NO/c1-11(2)13-9-14(12(3)15(17)10-13)16-7-5-4-6-8-16/h13H,1,4-10H2,2-3H3. The van der Waals surface area contributed by atoms with Crippen molar-refractivity contribution in [2.75, 3.05) is 13.1 Å². The Hall–Kier alpha value is -1.05. The normalized spacial score (nSPS) is 26.4. The quantitative estimate of drug-likeness (QED) is 0.682. The van der Waals surface area contributed by atoms with Crippen molar-refractivity contribution in [1.82, 2.24) is 4.90 Å². The Kier molecular flexibility index (Phi) is 3.70. The maximum atomic E-state index is 12.0. The molecule has 94 valence electrons. The van der Waals surface area contributed by atoms with Crippen LogP contribution in [0, 0.1) is 5.92 Å². The van der Waals surface area contributed by atoms with Gasteiger partial charge < -0.3 is 4.90 Å². The Morgan fingerprint density at radius 3 is 2.47 bits per heavy atom. The Labute approximate surface area is 104 Å². The highest BCUT2D eigenvalue weighted by molar-refractivity contribution is 5.96. The lowest BCUT2D eigenvalue weighted by Gasteiger charge is -2.36. The van der Waals surface area contributed by atoms with Crippen LogP contribution in [0.15, 0.2) is 23.4 Å². The zero-order chi connectivity index (χ0) is 12.4. The molecule has 2 rings (SSSR count). The first kappa shape index (κ1) is 12.4. The maximum Gasteiger partial charge on any atom is 0.160 e. The lowest BCUT2D eigenvalue weighted by atomic mass is 9.82. The molecule has 1 aliphatic heterocycles. The number of nitrogens with zero attached hydrogens (tertiary/aromatic N) is 1. The number of likely N-dealkylation sites (tertiary alicyclic amines) is 1. The molecule has 2 nitrogen and oxygen atoms in total. The number of allylic oxidation sites excluding steroid dienone is 3. The third kappa shape index (κ3) is 2.62. The van der Waals surface area contributed by atoms with Crippen LogP contribution in [0.4, 0.5) is 0 Å². The summed E-state index contributed by atoms with van der Waals surface area (Å²) < 4.78 is 0. The number of carbonyl (C=O) groups is 1. The molecule has 0 saturated carbocycles. The molecule has 0 aromatic carbocycles. The highest BCUT2D eigenvalue weighted by atomic mass is 16.1. The van der Waals surface area contributed by atoms with Crippen LogP contribution in [0.5, 0.6) is 0 Å². The summed E-state index contributed by atoms with van der Waals surface area (Å²) in [7, 11) is 0. The molecule has 0 spiro atoms. The fourth-order valence-corrected chi connectivity index (χ4v) is 2.88. The van der Waals surface area contributed by atoms with Gasteiger partial charge in [-0.25, -0.2) is 0 Å². The average Bonchev–Trinajstić information content (AvgIpc) is 2.33. The lowest BCUT2D eigenvalue weighted by molar-refractivity contribution is -0.116. The van der Waals surface area contributed by atoms with Crippen molar-refractivity contribution < 1.29 is 4.79 Å². The second-order valence-corrected chi connectivity index (χ2v) is 5.49. The fraction of sp³-hybridized carbons (Fsp3) is 0.667. The summed E-state index contributed by atoms with van der Waals surface area (Å²) in [6.45, 7) is 10.3. The van der Waals surface area contributed by atoms with Crippen molar-refractivity contribution in [2.24, 2.45) is 5.92 Å². The Balaban J connectivity index is 2.19. The molecular formula is C15H23NO. The van der Waals surface area contributed by atoms with E-state index < -0.39 is 0 Å². The summed E-state index contributed by atoms with van der Waals surface area (Å²) in [4.78, 5) is 14.5.